The van der Waals surface area contributed by atoms with E-state index in [1.165, 1.54) is 24.3 Å². The molecule has 7 heteroatoms. The molecule has 1 aromatic carbocycles. The van der Waals surface area contributed by atoms with Gasteiger partial charge in [0.1, 0.15) is 5.75 Å². The van der Waals surface area contributed by atoms with Crippen LogP contribution in [0.15, 0.2) is 36.7 Å². The van der Waals surface area contributed by atoms with Gasteiger partial charge in [0, 0.05) is 30.1 Å². The number of alkyl halides is 3. The number of halogens is 3. The summed E-state index contributed by atoms with van der Waals surface area (Å²) in [6.45, 7) is 0.332. The van der Waals surface area contributed by atoms with Gasteiger partial charge >= 0.3 is 6.36 Å². The molecule has 0 unspecified atom stereocenters. The van der Waals surface area contributed by atoms with E-state index in [2.05, 4.69) is 14.7 Å². The van der Waals surface area contributed by atoms with Crippen LogP contribution < -0.4 is 10.5 Å². The minimum atomic E-state index is -4.69. The van der Waals surface area contributed by atoms with Crippen LogP contribution in [0.4, 0.5) is 13.2 Å². The molecule has 0 saturated carbocycles. The van der Waals surface area contributed by atoms with Gasteiger partial charge in [0.25, 0.3) is 0 Å². The Morgan fingerprint density at radius 2 is 1.63 bits per heavy atom. The topological polar surface area (TPSA) is 61.0 Å². The van der Waals surface area contributed by atoms with E-state index in [1.54, 1.807) is 12.4 Å². The number of rotatable bonds is 3. The van der Waals surface area contributed by atoms with Crippen LogP contribution in [-0.4, -0.2) is 16.3 Å². The molecule has 2 aromatic rings. The zero-order valence-corrected chi connectivity index (χ0v) is 9.69. The standard InChI is InChI=1S/C12H10F3N3O/c13-12(14,15)19-10-3-1-9(2-4-10)11-17-6-8(5-16)7-18-11/h1-4,6-7H,5,16H2. The van der Waals surface area contributed by atoms with Gasteiger partial charge in [-0.3, -0.25) is 0 Å². The van der Waals surface area contributed by atoms with Gasteiger partial charge in [0.2, 0.25) is 0 Å². The maximum atomic E-state index is 12.0. The first kappa shape index (κ1) is 13.3. The fourth-order valence-corrected chi connectivity index (χ4v) is 1.41. The highest BCUT2D eigenvalue weighted by Crippen LogP contribution is 2.24. The van der Waals surface area contributed by atoms with Gasteiger partial charge in [-0.15, -0.1) is 13.2 Å². The highest BCUT2D eigenvalue weighted by Gasteiger charge is 2.30. The van der Waals surface area contributed by atoms with E-state index < -0.39 is 6.36 Å². The Morgan fingerprint density at radius 1 is 1.05 bits per heavy atom. The van der Waals surface area contributed by atoms with Crippen molar-refractivity contribution >= 4 is 0 Å². The van der Waals surface area contributed by atoms with Crippen molar-refractivity contribution in [1.29, 1.82) is 0 Å². The predicted octanol–water partition coefficient (Wildman–Crippen LogP) is 2.50. The lowest BCUT2D eigenvalue weighted by Gasteiger charge is -2.09. The van der Waals surface area contributed by atoms with Crippen molar-refractivity contribution in [3.8, 4) is 17.1 Å². The summed E-state index contributed by atoms with van der Waals surface area (Å²) in [5.41, 5.74) is 6.79. The monoisotopic (exact) mass is 269 g/mol. The highest BCUT2D eigenvalue weighted by atomic mass is 19.4. The maximum absolute atomic E-state index is 12.0. The number of aromatic nitrogens is 2. The fourth-order valence-electron chi connectivity index (χ4n) is 1.41. The summed E-state index contributed by atoms with van der Waals surface area (Å²) in [6.07, 6.45) is -1.55. The van der Waals surface area contributed by atoms with E-state index in [0.29, 0.717) is 17.9 Å². The van der Waals surface area contributed by atoms with Crippen LogP contribution >= 0.6 is 0 Å². The molecular formula is C12H10F3N3O. The molecule has 0 bridgehead atoms. The fraction of sp³-hybridized carbons (Fsp3) is 0.167. The van der Waals surface area contributed by atoms with Gasteiger partial charge in [-0.25, -0.2) is 9.97 Å². The Morgan fingerprint density at radius 3 is 2.11 bits per heavy atom. The summed E-state index contributed by atoms with van der Waals surface area (Å²) >= 11 is 0. The molecule has 0 spiro atoms. The van der Waals surface area contributed by atoms with Crippen molar-refractivity contribution in [3.63, 3.8) is 0 Å². The first-order chi connectivity index (χ1) is 8.98. The molecule has 1 aromatic heterocycles. The second-order valence-electron chi connectivity index (χ2n) is 3.69. The van der Waals surface area contributed by atoms with Crippen molar-refractivity contribution in [2.75, 3.05) is 0 Å². The average Bonchev–Trinajstić information content (AvgIpc) is 2.38. The normalized spacial score (nSPS) is 11.4. The van der Waals surface area contributed by atoms with Gasteiger partial charge in [-0.2, -0.15) is 0 Å². The summed E-state index contributed by atoms with van der Waals surface area (Å²) in [5, 5.41) is 0. The largest absolute Gasteiger partial charge is 0.573 e. The van der Waals surface area contributed by atoms with E-state index in [9.17, 15) is 13.2 Å². The molecule has 0 saturated heterocycles. The molecule has 100 valence electrons. The van der Waals surface area contributed by atoms with Crippen molar-refractivity contribution in [1.82, 2.24) is 9.97 Å². The third-order valence-electron chi connectivity index (χ3n) is 2.29. The zero-order valence-electron chi connectivity index (χ0n) is 9.69. The van der Waals surface area contributed by atoms with Gasteiger partial charge in [0.05, 0.1) is 0 Å². The van der Waals surface area contributed by atoms with E-state index >= 15 is 0 Å². The Kier molecular flexibility index (Phi) is 3.66. The molecule has 4 nitrogen and oxygen atoms in total. The molecule has 2 N–H and O–H groups in total. The molecule has 0 radical (unpaired) electrons. The van der Waals surface area contributed by atoms with Gasteiger partial charge in [-0.1, -0.05) is 0 Å². The molecule has 0 aliphatic heterocycles. The van der Waals surface area contributed by atoms with E-state index in [-0.39, 0.29) is 5.75 Å². The molecule has 0 atom stereocenters. The molecule has 0 amide bonds. The lowest BCUT2D eigenvalue weighted by molar-refractivity contribution is -0.274. The van der Waals surface area contributed by atoms with E-state index in [0.717, 1.165) is 5.56 Å². The molecular weight excluding hydrogens is 259 g/mol. The summed E-state index contributed by atoms with van der Waals surface area (Å²) in [5.74, 6) is 0.130. The minimum absolute atomic E-state index is 0.283. The number of nitrogens with two attached hydrogens (primary N) is 1. The Bertz CT molecular complexity index is 538. The van der Waals surface area contributed by atoms with Gasteiger partial charge in [0.15, 0.2) is 5.82 Å². The summed E-state index contributed by atoms with van der Waals surface area (Å²) < 4.78 is 39.7. The Hall–Kier alpha value is -2.15. The second-order valence-corrected chi connectivity index (χ2v) is 3.69. The van der Waals surface area contributed by atoms with Crippen molar-refractivity contribution in [2.45, 2.75) is 12.9 Å². The van der Waals surface area contributed by atoms with Gasteiger partial charge in [-0.05, 0) is 24.3 Å². The number of benzene rings is 1. The molecule has 19 heavy (non-hydrogen) atoms. The molecule has 0 aliphatic rings. The number of nitrogens with zero attached hydrogens (tertiary/aromatic N) is 2. The quantitative estimate of drug-likeness (QED) is 0.930. The van der Waals surface area contributed by atoms with E-state index in [1.807, 2.05) is 0 Å². The highest BCUT2D eigenvalue weighted by molar-refractivity contribution is 5.55. The molecule has 1 heterocycles. The van der Waals surface area contributed by atoms with E-state index in [4.69, 9.17) is 5.73 Å². The lowest BCUT2D eigenvalue weighted by Crippen LogP contribution is -2.16. The average molecular weight is 269 g/mol. The molecule has 0 fully saturated rings. The van der Waals surface area contributed by atoms with Crippen LogP contribution in [0.2, 0.25) is 0 Å². The maximum Gasteiger partial charge on any atom is 0.573 e. The lowest BCUT2D eigenvalue weighted by atomic mass is 10.2. The minimum Gasteiger partial charge on any atom is -0.406 e. The van der Waals surface area contributed by atoms with Crippen molar-refractivity contribution in [2.24, 2.45) is 5.73 Å². The van der Waals surface area contributed by atoms with Crippen LogP contribution in [-0.2, 0) is 6.54 Å². The number of ether oxygens (including phenoxy) is 1. The summed E-state index contributed by atoms with van der Waals surface area (Å²) in [7, 11) is 0. The van der Waals surface area contributed by atoms with Crippen LogP contribution in [0.3, 0.4) is 0 Å². The van der Waals surface area contributed by atoms with Crippen molar-refractivity contribution in [3.05, 3.63) is 42.2 Å². The third-order valence-corrected chi connectivity index (χ3v) is 2.29. The van der Waals surface area contributed by atoms with Crippen LogP contribution in [0, 0.1) is 0 Å². The van der Waals surface area contributed by atoms with Crippen molar-refractivity contribution < 1.29 is 17.9 Å². The predicted molar refractivity (Wildman–Crippen MR) is 62.0 cm³/mol. The van der Waals surface area contributed by atoms with Crippen LogP contribution in [0.5, 0.6) is 5.75 Å². The SMILES string of the molecule is NCc1cnc(-c2ccc(OC(F)(F)F)cc2)nc1. The zero-order chi connectivity index (χ0) is 13.9. The smallest absolute Gasteiger partial charge is 0.406 e. The molecule has 2 rings (SSSR count). The first-order valence-corrected chi connectivity index (χ1v) is 5.35. The van der Waals surface area contributed by atoms with Crippen LogP contribution in [0.1, 0.15) is 5.56 Å². The number of hydrogen-bond acceptors (Lipinski definition) is 4. The summed E-state index contributed by atoms with van der Waals surface area (Å²) in [6, 6.07) is 5.34. The Labute approximate surface area is 107 Å². The van der Waals surface area contributed by atoms with Crippen LogP contribution in [0.25, 0.3) is 11.4 Å². The second kappa shape index (κ2) is 5.23. The Balaban J connectivity index is 2.17. The number of hydrogen-bond donors (Lipinski definition) is 1. The molecule has 0 aliphatic carbocycles. The third kappa shape index (κ3) is 3.65. The first-order valence-electron chi connectivity index (χ1n) is 5.35. The van der Waals surface area contributed by atoms with Gasteiger partial charge < -0.3 is 10.5 Å². The summed E-state index contributed by atoms with van der Waals surface area (Å²) in [4.78, 5) is 8.14.